The third-order valence-corrected chi connectivity index (χ3v) is 1.78. The van der Waals surface area contributed by atoms with E-state index in [1.165, 1.54) is 0 Å². The third kappa shape index (κ3) is 0.689. The Labute approximate surface area is 54.8 Å². The quantitative estimate of drug-likeness (QED) is 0.505. The van der Waals surface area contributed by atoms with Crippen LogP contribution < -0.4 is 5.32 Å². The molecule has 1 heterocycles. The van der Waals surface area contributed by atoms with Gasteiger partial charge in [0.2, 0.25) is 0 Å². The van der Waals surface area contributed by atoms with E-state index in [4.69, 9.17) is 0 Å². The molecule has 0 aromatic rings. The van der Waals surface area contributed by atoms with Gasteiger partial charge in [-0.25, -0.2) is 0 Å². The fourth-order valence-corrected chi connectivity index (χ4v) is 1.25. The van der Waals surface area contributed by atoms with Crippen LogP contribution in [-0.2, 0) is 0 Å². The molecule has 1 aliphatic heterocycles. The summed E-state index contributed by atoms with van der Waals surface area (Å²) in [6.07, 6.45) is 12.8. The van der Waals surface area contributed by atoms with Gasteiger partial charge in [0.1, 0.15) is 0 Å². The van der Waals surface area contributed by atoms with Gasteiger partial charge in [-0.15, -0.1) is 0 Å². The Bertz CT molecular complexity index is 189. The van der Waals surface area contributed by atoms with Gasteiger partial charge in [0.05, 0.1) is 6.04 Å². The van der Waals surface area contributed by atoms with Gasteiger partial charge in [-0.3, -0.25) is 0 Å². The number of hydrogen-bond donors (Lipinski definition) is 1. The average Bonchev–Trinajstić information content (AvgIpc) is 2.33. The summed E-state index contributed by atoms with van der Waals surface area (Å²) in [7, 11) is 0. The van der Waals surface area contributed by atoms with Crippen LogP contribution in [0.25, 0.3) is 0 Å². The maximum atomic E-state index is 3.24. The lowest BCUT2D eigenvalue weighted by Gasteiger charge is -2.14. The molecule has 0 radical (unpaired) electrons. The first-order valence-corrected chi connectivity index (χ1v) is 3.24. The van der Waals surface area contributed by atoms with Crippen molar-refractivity contribution >= 4 is 0 Å². The predicted molar refractivity (Wildman–Crippen MR) is 37.8 cm³/mol. The highest BCUT2D eigenvalue weighted by atomic mass is 14.9. The molecule has 0 aromatic heterocycles. The first kappa shape index (κ1) is 4.86. The van der Waals surface area contributed by atoms with Gasteiger partial charge in [-0.2, -0.15) is 0 Å². The first-order valence-electron chi connectivity index (χ1n) is 3.24. The SMILES string of the molecule is C1=CC2C=CN[C@H]2C=C1. The molecule has 2 atom stereocenters. The van der Waals surface area contributed by atoms with Crippen LogP contribution in [0, 0.1) is 5.92 Å². The molecular weight excluding hydrogens is 110 g/mol. The van der Waals surface area contributed by atoms with Gasteiger partial charge in [-0.05, 0) is 6.20 Å². The summed E-state index contributed by atoms with van der Waals surface area (Å²) in [4.78, 5) is 0. The van der Waals surface area contributed by atoms with Gasteiger partial charge in [0.15, 0.2) is 0 Å². The molecule has 0 saturated heterocycles. The van der Waals surface area contributed by atoms with Crippen LogP contribution in [0.15, 0.2) is 36.6 Å². The zero-order valence-corrected chi connectivity index (χ0v) is 5.12. The lowest BCUT2D eigenvalue weighted by Crippen LogP contribution is -2.23. The Kier molecular flexibility index (Phi) is 0.950. The zero-order valence-electron chi connectivity index (χ0n) is 5.12. The van der Waals surface area contributed by atoms with E-state index in [1.807, 2.05) is 6.20 Å². The van der Waals surface area contributed by atoms with Crippen LogP contribution in [0.4, 0.5) is 0 Å². The average molecular weight is 119 g/mol. The molecule has 0 spiro atoms. The van der Waals surface area contributed by atoms with E-state index in [0.29, 0.717) is 12.0 Å². The fourth-order valence-electron chi connectivity index (χ4n) is 1.25. The van der Waals surface area contributed by atoms with E-state index in [9.17, 15) is 0 Å². The van der Waals surface area contributed by atoms with Gasteiger partial charge in [0, 0.05) is 5.92 Å². The second kappa shape index (κ2) is 1.76. The van der Waals surface area contributed by atoms with Crippen molar-refractivity contribution in [2.75, 3.05) is 0 Å². The predicted octanol–water partition coefficient (Wildman–Crippen LogP) is 1.21. The summed E-state index contributed by atoms with van der Waals surface area (Å²) in [5.74, 6) is 0.606. The van der Waals surface area contributed by atoms with Crippen molar-refractivity contribution in [3.05, 3.63) is 36.6 Å². The Hall–Kier alpha value is -0.980. The minimum atomic E-state index is 0.537. The molecule has 46 valence electrons. The van der Waals surface area contributed by atoms with Crippen molar-refractivity contribution in [3.8, 4) is 0 Å². The standard InChI is InChI=1S/C8H9N/c1-2-4-8-7(3-1)5-6-9-8/h1-9H/t7?,8-/m0/s1. The van der Waals surface area contributed by atoms with E-state index in [0.717, 1.165) is 0 Å². The zero-order chi connectivity index (χ0) is 6.10. The molecule has 0 fully saturated rings. The number of fused-ring (bicyclic) bond motifs is 1. The minimum Gasteiger partial charge on any atom is -0.384 e. The highest BCUT2D eigenvalue weighted by Gasteiger charge is 2.17. The fraction of sp³-hybridized carbons (Fsp3) is 0.250. The Balaban J connectivity index is 2.25. The molecule has 0 amide bonds. The van der Waals surface area contributed by atoms with Crippen molar-refractivity contribution < 1.29 is 0 Å². The molecule has 0 saturated carbocycles. The van der Waals surface area contributed by atoms with Crippen LogP contribution in [0.5, 0.6) is 0 Å². The van der Waals surface area contributed by atoms with E-state index in [-0.39, 0.29) is 0 Å². The molecule has 0 bridgehead atoms. The summed E-state index contributed by atoms with van der Waals surface area (Å²) >= 11 is 0. The highest BCUT2D eigenvalue weighted by Crippen LogP contribution is 2.17. The minimum absolute atomic E-state index is 0.537. The Morgan fingerprint density at radius 2 is 1.89 bits per heavy atom. The molecule has 1 nitrogen and oxygen atoms in total. The molecular formula is C8H9N. The van der Waals surface area contributed by atoms with Gasteiger partial charge >= 0.3 is 0 Å². The second-order valence-corrected chi connectivity index (χ2v) is 2.40. The summed E-state index contributed by atoms with van der Waals surface area (Å²) in [6, 6.07) is 0.537. The van der Waals surface area contributed by atoms with Crippen LogP contribution in [0.1, 0.15) is 0 Å². The number of nitrogens with one attached hydrogen (secondary N) is 1. The molecule has 1 heteroatoms. The summed E-state index contributed by atoms with van der Waals surface area (Å²) < 4.78 is 0. The topological polar surface area (TPSA) is 12.0 Å². The van der Waals surface area contributed by atoms with Gasteiger partial charge in [-0.1, -0.05) is 30.4 Å². The number of hydrogen-bond acceptors (Lipinski definition) is 1. The molecule has 2 aliphatic rings. The van der Waals surface area contributed by atoms with Crippen molar-refractivity contribution in [1.29, 1.82) is 0 Å². The molecule has 0 aromatic carbocycles. The summed E-state index contributed by atoms with van der Waals surface area (Å²) in [5, 5.41) is 3.24. The largest absolute Gasteiger partial charge is 0.384 e. The molecule has 9 heavy (non-hydrogen) atoms. The highest BCUT2D eigenvalue weighted by molar-refractivity contribution is 5.25. The second-order valence-electron chi connectivity index (χ2n) is 2.40. The molecule has 1 aliphatic carbocycles. The van der Waals surface area contributed by atoms with E-state index in [1.54, 1.807) is 0 Å². The maximum Gasteiger partial charge on any atom is 0.0540 e. The Morgan fingerprint density at radius 3 is 2.78 bits per heavy atom. The lowest BCUT2D eigenvalue weighted by molar-refractivity contribution is 0.649. The third-order valence-electron chi connectivity index (χ3n) is 1.78. The normalized spacial score (nSPS) is 36.4. The van der Waals surface area contributed by atoms with Gasteiger partial charge in [0.25, 0.3) is 0 Å². The number of allylic oxidation sites excluding steroid dienone is 2. The van der Waals surface area contributed by atoms with Crippen LogP contribution in [0.3, 0.4) is 0 Å². The monoisotopic (exact) mass is 119 g/mol. The van der Waals surface area contributed by atoms with Crippen molar-refractivity contribution in [2.45, 2.75) is 6.04 Å². The van der Waals surface area contributed by atoms with E-state index < -0.39 is 0 Å². The first-order chi connectivity index (χ1) is 4.47. The van der Waals surface area contributed by atoms with Crippen LogP contribution >= 0.6 is 0 Å². The van der Waals surface area contributed by atoms with Crippen molar-refractivity contribution in [3.63, 3.8) is 0 Å². The molecule has 1 unspecified atom stereocenters. The van der Waals surface area contributed by atoms with Crippen LogP contribution in [0.2, 0.25) is 0 Å². The lowest BCUT2D eigenvalue weighted by atomic mass is 9.98. The van der Waals surface area contributed by atoms with E-state index in [2.05, 4.69) is 35.7 Å². The smallest absolute Gasteiger partial charge is 0.0540 e. The number of rotatable bonds is 0. The van der Waals surface area contributed by atoms with Crippen LogP contribution in [-0.4, -0.2) is 6.04 Å². The van der Waals surface area contributed by atoms with Crippen molar-refractivity contribution in [1.82, 2.24) is 5.32 Å². The van der Waals surface area contributed by atoms with Crippen molar-refractivity contribution in [2.24, 2.45) is 5.92 Å². The summed E-state index contributed by atoms with van der Waals surface area (Å²) in [5.41, 5.74) is 0. The molecule has 2 rings (SSSR count). The van der Waals surface area contributed by atoms with E-state index >= 15 is 0 Å². The maximum absolute atomic E-state index is 3.24. The molecule has 1 N–H and O–H groups in total. The summed E-state index contributed by atoms with van der Waals surface area (Å²) in [6.45, 7) is 0. The van der Waals surface area contributed by atoms with Gasteiger partial charge < -0.3 is 5.32 Å². The Morgan fingerprint density at radius 1 is 1.00 bits per heavy atom.